The highest BCUT2D eigenvalue weighted by Gasteiger charge is 2.09. The smallest absolute Gasteiger partial charge is 0.162 e. The summed E-state index contributed by atoms with van der Waals surface area (Å²) in [6.45, 7) is 3.90. The van der Waals surface area contributed by atoms with Crippen LogP contribution in [0, 0.1) is 11.8 Å². The van der Waals surface area contributed by atoms with E-state index in [1.54, 1.807) is 12.0 Å². The van der Waals surface area contributed by atoms with Gasteiger partial charge in [0.15, 0.2) is 11.5 Å². The molecule has 1 heterocycles. The summed E-state index contributed by atoms with van der Waals surface area (Å²) in [7, 11) is 1.65. The van der Waals surface area contributed by atoms with Crippen LogP contribution in [-0.4, -0.2) is 33.4 Å². The Kier molecular flexibility index (Phi) is 6.26. The van der Waals surface area contributed by atoms with Crippen LogP contribution in [0.1, 0.15) is 25.7 Å². The number of methoxy groups -OCH3 is 1. The molecule has 20 heavy (non-hydrogen) atoms. The first-order valence-electron chi connectivity index (χ1n) is 7.45. The van der Waals surface area contributed by atoms with Gasteiger partial charge < -0.3 is 14.4 Å². The maximum Gasteiger partial charge on any atom is 0.162 e. The summed E-state index contributed by atoms with van der Waals surface area (Å²) < 4.78 is 10.9. The Balaban J connectivity index is 1.74. The van der Waals surface area contributed by atoms with E-state index in [0.29, 0.717) is 6.61 Å². The highest BCUT2D eigenvalue weighted by atomic mass is 16.5. The van der Waals surface area contributed by atoms with E-state index in [0.717, 1.165) is 18.0 Å². The van der Waals surface area contributed by atoms with Gasteiger partial charge in [0.1, 0.15) is 13.2 Å². The van der Waals surface area contributed by atoms with E-state index >= 15 is 0 Å². The SMILES string of the molecule is COc1ccccc1OCC#CC[NH+]1CCCCCC1. The summed E-state index contributed by atoms with van der Waals surface area (Å²) >= 11 is 0. The summed E-state index contributed by atoms with van der Waals surface area (Å²) in [5, 5.41) is 0. The minimum atomic E-state index is 0.424. The van der Waals surface area contributed by atoms with Crippen LogP contribution in [0.4, 0.5) is 0 Å². The maximum absolute atomic E-state index is 5.63. The molecular formula is C17H24NO2+. The van der Waals surface area contributed by atoms with Crippen molar-refractivity contribution in [1.82, 2.24) is 0 Å². The van der Waals surface area contributed by atoms with E-state index in [1.807, 2.05) is 24.3 Å². The Bertz CT molecular complexity index is 454. The van der Waals surface area contributed by atoms with E-state index < -0.39 is 0 Å². The van der Waals surface area contributed by atoms with Gasteiger partial charge in [-0.15, -0.1) is 0 Å². The third kappa shape index (κ3) is 4.79. The predicted molar refractivity (Wildman–Crippen MR) is 80.3 cm³/mol. The molecule has 1 aromatic rings. The Morgan fingerprint density at radius 2 is 1.70 bits per heavy atom. The minimum Gasteiger partial charge on any atom is -0.493 e. The van der Waals surface area contributed by atoms with Crippen LogP contribution in [0.25, 0.3) is 0 Å². The molecule has 0 aliphatic carbocycles. The van der Waals surface area contributed by atoms with E-state index in [-0.39, 0.29) is 0 Å². The molecule has 0 aromatic heterocycles. The molecule has 1 fully saturated rings. The molecule has 0 unspecified atom stereocenters. The van der Waals surface area contributed by atoms with Crippen LogP contribution in [0.15, 0.2) is 24.3 Å². The van der Waals surface area contributed by atoms with Gasteiger partial charge in [-0.3, -0.25) is 0 Å². The number of quaternary nitrogens is 1. The summed E-state index contributed by atoms with van der Waals surface area (Å²) in [4.78, 5) is 1.62. The first kappa shape index (κ1) is 14.7. The molecule has 1 aliphatic rings. The van der Waals surface area contributed by atoms with Crippen molar-refractivity contribution < 1.29 is 14.4 Å². The number of nitrogens with one attached hydrogen (secondary N) is 1. The molecule has 1 N–H and O–H groups in total. The van der Waals surface area contributed by atoms with E-state index in [4.69, 9.17) is 9.47 Å². The van der Waals surface area contributed by atoms with Gasteiger partial charge in [0, 0.05) is 0 Å². The summed E-state index contributed by atoms with van der Waals surface area (Å²) in [5.41, 5.74) is 0. The second-order valence-corrected chi connectivity index (χ2v) is 5.13. The first-order chi connectivity index (χ1) is 9.90. The van der Waals surface area contributed by atoms with Crippen LogP contribution in [0.5, 0.6) is 11.5 Å². The van der Waals surface area contributed by atoms with Gasteiger partial charge in [0.25, 0.3) is 0 Å². The van der Waals surface area contributed by atoms with Crippen LogP contribution in [-0.2, 0) is 0 Å². The summed E-state index contributed by atoms with van der Waals surface area (Å²) in [5.74, 6) is 7.85. The molecule has 0 saturated carbocycles. The van der Waals surface area contributed by atoms with Crippen molar-refractivity contribution >= 4 is 0 Å². The van der Waals surface area contributed by atoms with Crippen molar-refractivity contribution in [2.45, 2.75) is 25.7 Å². The fraction of sp³-hybridized carbons (Fsp3) is 0.529. The van der Waals surface area contributed by atoms with E-state index in [9.17, 15) is 0 Å². The van der Waals surface area contributed by atoms with Gasteiger partial charge in [0.05, 0.1) is 20.2 Å². The average molecular weight is 274 g/mol. The molecule has 0 spiro atoms. The highest BCUT2D eigenvalue weighted by Crippen LogP contribution is 2.25. The van der Waals surface area contributed by atoms with Crippen LogP contribution in [0.3, 0.4) is 0 Å². The predicted octanol–water partition coefficient (Wildman–Crippen LogP) is 1.54. The van der Waals surface area contributed by atoms with Crippen molar-refractivity contribution in [2.24, 2.45) is 0 Å². The highest BCUT2D eigenvalue weighted by molar-refractivity contribution is 5.39. The Labute approximate surface area is 121 Å². The fourth-order valence-corrected chi connectivity index (χ4v) is 2.50. The number of hydrogen-bond donors (Lipinski definition) is 1. The van der Waals surface area contributed by atoms with Gasteiger partial charge in [-0.25, -0.2) is 0 Å². The number of rotatable bonds is 4. The average Bonchev–Trinajstić information content (AvgIpc) is 2.76. The van der Waals surface area contributed by atoms with E-state index in [1.165, 1.54) is 38.8 Å². The topological polar surface area (TPSA) is 22.9 Å². The zero-order valence-electron chi connectivity index (χ0n) is 12.3. The molecule has 1 aliphatic heterocycles. The Morgan fingerprint density at radius 3 is 2.40 bits per heavy atom. The lowest BCUT2D eigenvalue weighted by molar-refractivity contribution is -0.891. The van der Waals surface area contributed by atoms with Crippen LogP contribution < -0.4 is 14.4 Å². The number of hydrogen-bond acceptors (Lipinski definition) is 2. The molecule has 2 rings (SSSR count). The Morgan fingerprint density at radius 1 is 1.00 bits per heavy atom. The van der Waals surface area contributed by atoms with Gasteiger partial charge in [-0.05, 0) is 43.7 Å². The minimum absolute atomic E-state index is 0.424. The number of benzene rings is 1. The van der Waals surface area contributed by atoms with Crippen LogP contribution in [0.2, 0.25) is 0 Å². The summed E-state index contributed by atoms with van der Waals surface area (Å²) in [6.07, 6.45) is 5.45. The van der Waals surface area contributed by atoms with E-state index in [2.05, 4.69) is 11.8 Å². The second kappa shape index (κ2) is 8.50. The monoisotopic (exact) mass is 274 g/mol. The molecule has 3 heteroatoms. The van der Waals surface area contributed by atoms with Crippen molar-refractivity contribution in [1.29, 1.82) is 0 Å². The zero-order chi connectivity index (χ0) is 14.0. The lowest BCUT2D eigenvalue weighted by Crippen LogP contribution is -3.11. The van der Waals surface area contributed by atoms with Gasteiger partial charge in [-0.2, -0.15) is 0 Å². The molecule has 3 nitrogen and oxygen atoms in total. The fourth-order valence-electron chi connectivity index (χ4n) is 2.50. The third-order valence-electron chi connectivity index (χ3n) is 3.64. The van der Waals surface area contributed by atoms with Gasteiger partial charge >= 0.3 is 0 Å². The molecule has 1 saturated heterocycles. The molecule has 1 aromatic carbocycles. The van der Waals surface area contributed by atoms with Gasteiger partial charge in [-0.1, -0.05) is 18.1 Å². The molecular weight excluding hydrogens is 250 g/mol. The first-order valence-corrected chi connectivity index (χ1v) is 7.45. The summed E-state index contributed by atoms with van der Waals surface area (Å²) in [6, 6.07) is 7.66. The second-order valence-electron chi connectivity index (χ2n) is 5.13. The standard InChI is InChI=1S/C17H23NO2/c1-19-16-10-4-5-11-17(16)20-15-9-8-14-18-12-6-2-3-7-13-18/h4-5,10-11H,2-3,6-7,12-15H2,1H3/p+1. The van der Waals surface area contributed by atoms with Crippen LogP contribution >= 0.6 is 0 Å². The molecule has 0 radical (unpaired) electrons. The van der Waals surface area contributed by atoms with Gasteiger partial charge in [0.2, 0.25) is 0 Å². The van der Waals surface area contributed by atoms with Crippen molar-refractivity contribution in [3.8, 4) is 23.3 Å². The lowest BCUT2D eigenvalue weighted by atomic mass is 10.2. The molecule has 0 atom stereocenters. The van der Waals surface area contributed by atoms with Crippen molar-refractivity contribution in [2.75, 3.05) is 33.4 Å². The number of likely N-dealkylation sites (tertiary alicyclic amines) is 1. The molecule has 0 amide bonds. The third-order valence-corrected chi connectivity index (χ3v) is 3.64. The number of para-hydroxylation sites is 2. The maximum atomic E-state index is 5.63. The zero-order valence-corrected chi connectivity index (χ0v) is 12.3. The molecule has 108 valence electrons. The number of ether oxygens (including phenoxy) is 2. The normalized spacial score (nSPS) is 15.8. The largest absolute Gasteiger partial charge is 0.493 e. The van der Waals surface area contributed by atoms with Crippen molar-refractivity contribution in [3.05, 3.63) is 24.3 Å². The Hall–Kier alpha value is -1.66. The quantitative estimate of drug-likeness (QED) is 0.842. The lowest BCUT2D eigenvalue weighted by Gasteiger charge is -2.12. The van der Waals surface area contributed by atoms with Crippen molar-refractivity contribution in [3.63, 3.8) is 0 Å². The molecule has 0 bridgehead atoms.